The Morgan fingerprint density at radius 1 is 1.33 bits per heavy atom. The van der Waals surface area contributed by atoms with Gasteiger partial charge in [0, 0.05) is 12.5 Å². The summed E-state index contributed by atoms with van der Waals surface area (Å²) < 4.78 is 5.41. The molecule has 100 valence electrons. The molecule has 1 aromatic carbocycles. The average Bonchev–Trinajstić information content (AvgIpc) is 2.92. The highest BCUT2D eigenvalue weighted by molar-refractivity contribution is 6.21. The first-order valence-electron chi connectivity index (χ1n) is 6.87. The van der Waals surface area contributed by atoms with Crippen molar-refractivity contribution in [1.82, 2.24) is 0 Å². The zero-order valence-electron chi connectivity index (χ0n) is 11.6. The van der Waals surface area contributed by atoms with Crippen molar-refractivity contribution < 1.29 is 4.74 Å². The van der Waals surface area contributed by atoms with Gasteiger partial charge in [0.05, 0.1) is 12.0 Å². The zero-order valence-corrected chi connectivity index (χ0v) is 12.3. The van der Waals surface area contributed by atoms with Gasteiger partial charge in [0.1, 0.15) is 0 Å². The summed E-state index contributed by atoms with van der Waals surface area (Å²) >= 11 is 6.53. The lowest BCUT2D eigenvalue weighted by Gasteiger charge is -2.24. The van der Waals surface area contributed by atoms with Crippen LogP contribution >= 0.6 is 11.6 Å². The molecule has 1 heterocycles. The topological polar surface area (TPSA) is 9.23 Å². The fourth-order valence-corrected chi connectivity index (χ4v) is 2.72. The summed E-state index contributed by atoms with van der Waals surface area (Å²) in [5, 5.41) is 0.0892. The van der Waals surface area contributed by atoms with Crippen molar-refractivity contribution in [3.63, 3.8) is 0 Å². The fraction of sp³-hybridized carbons (Fsp3) is 0.625. The first-order valence-corrected chi connectivity index (χ1v) is 7.30. The van der Waals surface area contributed by atoms with Crippen LogP contribution in [-0.4, -0.2) is 13.2 Å². The van der Waals surface area contributed by atoms with Crippen LogP contribution in [0.4, 0.5) is 0 Å². The second kappa shape index (κ2) is 5.63. The van der Waals surface area contributed by atoms with E-state index in [1.54, 1.807) is 0 Å². The Labute approximate surface area is 115 Å². The van der Waals surface area contributed by atoms with Gasteiger partial charge in [-0.1, -0.05) is 45.0 Å². The smallest absolute Gasteiger partial charge is 0.0636 e. The molecule has 0 amide bonds. The molecule has 0 saturated carbocycles. The molecule has 1 nitrogen and oxygen atoms in total. The van der Waals surface area contributed by atoms with Gasteiger partial charge in [-0.2, -0.15) is 0 Å². The summed E-state index contributed by atoms with van der Waals surface area (Å²) in [4.78, 5) is 0. The molecule has 0 radical (unpaired) electrons. The van der Waals surface area contributed by atoms with Crippen LogP contribution in [0.15, 0.2) is 24.3 Å². The average molecular weight is 267 g/mol. The number of hydrogen-bond acceptors (Lipinski definition) is 1. The molecule has 2 atom stereocenters. The standard InChI is InChI=1S/C16H23ClO/c1-4-16(2,3)14-7-5-12(6-8-14)15(17)13-9-10-18-11-13/h5-8,13,15H,4,9-11H2,1-3H3. The predicted molar refractivity (Wildman–Crippen MR) is 77.3 cm³/mol. The van der Waals surface area contributed by atoms with Gasteiger partial charge >= 0.3 is 0 Å². The fourth-order valence-electron chi connectivity index (χ4n) is 2.38. The number of ether oxygens (including phenoxy) is 1. The molecule has 1 aliphatic rings. The van der Waals surface area contributed by atoms with Crippen LogP contribution < -0.4 is 0 Å². The maximum atomic E-state index is 6.53. The number of rotatable bonds is 4. The van der Waals surface area contributed by atoms with E-state index in [-0.39, 0.29) is 10.8 Å². The summed E-state index contributed by atoms with van der Waals surface area (Å²) in [7, 11) is 0. The Bertz CT molecular complexity index is 377. The summed E-state index contributed by atoms with van der Waals surface area (Å²) in [5.41, 5.74) is 2.86. The molecule has 0 bridgehead atoms. The van der Waals surface area contributed by atoms with Gasteiger partial charge < -0.3 is 4.74 Å². The van der Waals surface area contributed by atoms with E-state index in [9.17, 15) is 0 Å². The highest BCUT2D eigenvalue weighted by Crippen LogP contribution is 2.35. The highest BCUT2D eigenvalue weighted by Gasteiger charge is 2.26. The summed E-state index contributed by atoms with van der Waals surface area (Å²) in [6.45, 7) is 8.45. The van der Waals surface area contributed by atoms with Crippen molar-refractivity contribution >= 4 is 11.6 Å². The third-order valence-corrected chi connectivity index (χ3v) is 4.88. The lowest BCUT2D eigenvalue weighted by molar-refractivity contribution is 0.185. The van der Waals surface area contributed by atoms with E-state index < -0.39 is 0 Å². The number of hydrogen-bond donors (Lipinski definition) is 0. The minimum absolute atomic E-state index is 0.0892. The number of halogens is 1. The Hall–Kier alpha value is -0.530. The van der Waals surface area contributed by atoms with Crippen LogP contribution in [0, 0.1) is 5.92 Å². The molecule has 2 heteroatoms. The van der Waals surface area contributed by atoms with Crippen LogP contribution in [0.1, 0.15) is 50.1 Å². The Morgan fingerprint density at radius 2 is 2.00 bits per heavy atom. The van der Waals surface area contributed by atoms with E-state index in [2.05, 4.69) is 45.0 Å². The molecule has 1 aliphatic heterocycles. The molecule has 0 aromatic heterocycles. The van der Waals surface area contributed by atoms with Crippen LogP contribution in [-0.2, 0) is 10.2 Å². The summed E-state index contributed by atoms with van der Waals surface area (Å²) in [5.74, 6) is 0.469. The minimum atomic E-state index is 0.0892. The van der Waals surface area contributed by atoms with Crippen molar-refractivity contribution in [3.8, 4) is 0 Å². The van der Waals surface area contributed by atoms with Crippen molar-refractivity contribution in [1.29, 1.82) is 0 Å². The van der Waals surface area contributed by atoms with Gasteiger partial charge in [0.25, 0.3) is 0 Å². The van der Waals surface area contributed by atoms with Gasteiger partial charge in [-0.3, -0.25) is 0 Å². The Balaban J connectivity index is 2.12. The number of alkyl halides is 1. The maximum Gasteiger partial charge on any atom is 0.0636 e. The lowest BCUT2D eigenvalue weighted by atomic mass is 9.81. The number of benzene rings is 1. The molecule has 1 aromatic rings. The molecule has 18 heavy (non-hydrogen) atoms. The molecule has 2 rings (SSSR count). The van der Waals surface area contributed by atoms with E-state index in [0.717, 1.165) is 26.1 Å². The first-order chi connectivity index (χ1) is 8.54. The molecular weight excluding hydrogens is 244 g/mol. The van der Waals surface area contributed by atoms with E-state index >= 15 is 0 Å². The maximum absolute atomic E-state index is 6.53. The van der Waals surface area contributed by atoms with Crippen LogP contribution in [0.25, 0.3) is 0 Å². The van der Waals surface area contributed by atoms with Crippen LogP contribution in [0.3, 0.4) is 0 Å². The third-order valence-electron chi connectivity index (χ3n) is 4.27. The summed E-state index contributed by atoms with van der Waals surface area (Å²) in [6, 6.07) is 8.82. The van der Waals surface area contributed by atoms with Crippen molar-refractivity contribution in [2.75, 3.05) is 13.2 Å². The van der Waals surface area contributed by atoms with Gasteiger partial charge in [-0.25, -0.2) is 0 Å². The van der Waals surface area contributed by atoms with Gasteiger partial charge in [-0.05, 0) is 29.4 Å². The van der Waals surface area contributed by atoms with Gasteiger partial charge in [0.15, 0.2) is 0 Å². The second-order valence-corrected chi connectivity index (χ2v) is 6.36. The normalized spacial score (nSPS) is 22.1. The van der Waals surface area contributed by atoms with Gasteiger partial charge in [-0.15, -0.1) is 11.6 Å². The highest BCUT2D eigenvalue weighted by atomic mass is 35.5. The first kappa shape index (κ1) is 13.9. The molecule has 0 N–H and O–H groups in total. The quantitative estimate of drug-likeness (QED) is 0.719. The third kappa shape index (κ3) is 2.89. The molecule has 0 aliphatic carbocycles. The molecule has 0 spiro atoms. The SMILES string of the molecule is CCC(C)(C)c1ccc(C(Cl)C2CCOC2)cc1. The van der Waals surface area contributed by atoms with Crippen molar-refractivity contribution in [3.05, 3.63) is 35.4 Å². The zero-order chi connectivity index (χ0) is 13.2. The second-order valence-electron chi connectivity index (χ2n) is 5.88. The molecular formula is C16H23ClO. The molecule has 1 saturated heterocycles. The van der Waals surface area contributed by atoms with E-state index in [1.165, 1.54) is 11.1 Å². The molecule has 2 unspecified atom stereocenters. The van der Waals surface area contributed by atoms with E-state index in [4.69, 9.17) is 16.3 Å². The predicted octanol–water partition coefficient (Wildman–Crippen LogP) is 4.69. The minimum Gasteiger partial charge on any atom is -0.381 e. The van der Waals surface area contributed by atoms with E-state index in [1.807, 2.05) is 0 Å². The Kier molecular flexibility index (Phi) is 4.34. The van der Waals surface area contributed by atoms with Crippen molar-refractivity contribution in [2.24, 2.45) is 5.92 Å². The van der Waals surface area contributed by atoms with Crippen LogP contribution in [0.2, 0.25) is 0 Å². The van der Waals surface area contributed by atoms with Crippen LogP contribution in [0.5, 0.6) is 0 Å². The van der Waals surface area contributed by atoms with E-state index in [0.29, 0.717) is 5.92 Å². The van der Waals surface area contributed by atoms with Crippen molar-refractivity contribution in [2.45, 2.75) is 44.4 Å². The monoisotopic (exact) mass is 266 g/mol. The molecule has 1 fully saturated rings. The largest absolute Gasteiger partial charge is 0.381 e. The Morgan fingerprint density at radius 3 is 2.50 bits per heavy atom. The van der Waals surface area contributed by atoms with Gasteiger partial charge in [0.2, 0.25) is 0 Å². The summed E-state index contributed by atoms with van der Waals surface area (Å²) in [6.07, 6.45) is 2.23. The lowest BCUT2D eigenvalue weighted by Crippen LogP contribution is -2.15.